The normalized spacial score (nSPS) is 13.2. The average molecular weight is 358 g/mol. The number of hydrogen-bond donors (Lipinski definition) is 0. The van der Waals surface area contributed by atoms with Crippen molar-refractivity contribution in [1.82, 2.24) is 0 Å². The van der Waals surface area contributed by atoms with Gasteiger partial charge >= 0.3 is 5.97 Å². The molecule has 6 nitrogen and oxygen atoms in total. The van der Waals surface area contributed by atoms with Gasteiger partial charge in [0, 0.05) is 24.5 Å². The van der Waals surface area contributed by atoms with Crippen LogP contribution in [0.5, 0.6) is 23.0 Å². The zero-order valence-electron chi connectivity index (χ0n) is 15.1. The maximum Gasteiger partial charge on any atom is 0.302 e. The molecule has 0 bridgehead atoms. The van der Waals surface area contributed by atoms with E-state index in [1.807, 2.05) is 36.4 Å². The molecule has 6 heteroatoms. The number of carbonyl (C=O) groups is 1. The van der Waals surface area contributed by atoms with Crippen molar-refractivity contribution < 1.29 is 28.5 Å². The molecule has 0 saturated heterocycles. The monoisotopic (exact) mass is 358 g/mol. The topological polar surface area (TPSA) is 63.2 Å². The van der Waals surface area contributed by atoms with Crippen LogP contribution < -0.4 is 18.9 Å². The van der Waals surface area contributed by atoms with Crippen LogP contribution in [0.1, 0.15) is 30.9 Å². The van der Waals surface area contributed by atoms with Gasteiger partial charge in [-0.3, -0.25) is 4.79 Å². The maximum atomic E-state index is 10.9. The summed E-state index contributed by atoms with van der Waals surface area (Å²) in [4.78, 5) is 10.9. The molecule has 1 aliphatic rings. The van der Waals surface area contributed by atoms with Crippen molar-refractivity contribution in [2.24, 2.45) is 0 Å². The molecule has 0 radical (unpaired) electrons. The summed E-state index contributed by atoms with van der Waals surface area (Å²) in [5, 5.41) is 0. The molecule has 1 aliphatic heterocycles. The summed E-state index contributed by atoms with van der Waals surface area (Å²) in [5.41, 5.74) is 2.09. The molecule has 138 valence electrons. The van der Waals surface area contributed by atoms with Crippen LogP contribution in [0.4, 0.5) is 0 Å². The van der Waals surface area contributed by atoms with Gasteiger partial charge in [0.25, 0.3) is 0 Å². The van der Waals surface area contributed by atoms with E-state index in [0.717, 1.165) is 16.9 Å². The highest BCUT2D eigenvalue weighted by Gasteiger charge is 2.22. The van der Waals surface area contributed by atoms with Crippen molar-refractivity contribution in [3.63, 3.8) is 0 Å². The van der Waals surface area contributed by atoms with Gasteiger partial charge in [0.2, 0.25) is 6.79 Å². The highest BCUT2D eigenvalue weighted by molar-refractivity contribution is 5.65. The largest absolute Gasteiger partial charge is 0.497 e. The van der Waals surface area contributed by atoms with Gasteiger partial charge in [0.15, 0.2) is 11.5 Å². The van der Waals surface area contributed by atoms with Crippen molar-refractivity contribution >= 4 is 5.97 Å². The van der Waals surface area contributed by atoms with Crippen LogP contribution >= 0.6 is 0 Å². The number of fused-ring (bicyclic) bond motifs is 1. The highest BCUT2D eigenvalue weighted by atomic mass is 16.7. The Balaban J connectivity index is 1.84. The molecule has 1 atom stereocenters. The summed E-state index contributed by atoms with van der Waals surface area (Å²) < 4.78 is 27.0. The van der Waals surface area contributed by atoms with E-state index < -0.39 is 0 Å². The lowest BCUT2D eigenvalue weighted by Crippen LogP contribution is -2.11. The first-order valence-electron chi connectivity index (χ1n) is 8.42. The molecule has 0 aromatic heterocycles. The van der Waals surface area contributed by atoms with E-state index >= 15 is 0 Å². The third kappa shape index (κ3) is 4.02. The smallest absolute Gasteiger partial charge is 0.302 e. The van der Waals surface area contributed by atoms with Crippen LogP contribution in [0.3, 0.4) is 0 Å². The van der Waals surface area contributed by atoms with Crippen LogP contribution in [-0.2, 0) is 9.53 Å². The van der Waals surface area contributed by atoms with Gasteiger partial charge in [-0.15, -0.1) is 0 Å². The number of carbonyl (C=O) groups excluding carboxylic acids is 1. The Morgan fingerprint density at radius 1 is 1.12 bits per heavy atom. The second kappa shape index (κ2) is 7.99. The fourth-order valence-corrected chi connectivity index (χ4v) is 2.81. The minimum atomic E-state index is -0.328. The van der Waals surface area contributed by atoms with Crippen molar-refractivity contribution in [1.29, 1.82) is 0 Å². The van der Waals surface area contributed by atoms with Crippen LogP contribution in [0, 0.1) is 0 Å². The molecule has 0 N–H and O–H groups in total. The second-order valence-corrected chi connectivity index (χ2v) is 5.93. The third-order valence-corrected chi connectivity index (χ3v) is 4.23. The molecular weight excluding hydrogens is 336 g/mol. The molecule has 3 rings (SSSR count). The molecule has 26 heavy (non-hydrogen) atoms. The highest BCUT2D eigenvalue weighted by Crippen LogP contribution is 2.42. The van der Waals surface area contributed by atoms with Gasteiger partial charge < -0.3 is 23.7 Å². The minimum Gasteiger partial charge on any atom is -0.497 e. The standard InChI is InChI=1S/C20H22O6/c1-13(15-4-6-16(22-3)7-5-15)17-10-19-20(26-12-25-19)11-18(17)24-9-8-23-14(2)21/h4-7,10-11,13H,8-9,12H2,1-3H3/t13-/m1/s1. The first kappa shape index (κ1) is 17.9. The SMILES string of the molecule is COc1ccc([C@@H](C)c2cc3c(cc2OCCOC(C)=O)OCO3)cc1. The van der Waals surface area contributed by atoms with E-state index in [1.165, 1.54) is 6.92 Å². The zero-order chi connectivity index (χ0) is 18.5. The number of benzene rings is 2. The predicted molar refractivity (Wildman–Crippen MR) is 95.2 cm³/mol. The van der Waals surface area contributed by atoms with Gasteiger partial charge in [0.05, 0.1) is 7.11 Å². The molecule has 0 saturated carbocycles. The van der Waals surface area contributed by atoms with Gasteiger partial charge in [-0.2, -0.15) is 0 Å². The van der Waals surface area contributed by atoms with Crippen LogP contribution in [0.2, 0.25) is 0 Å². The Labute approximate surface area is 152 Å². The summed E-state index contributed by atoms with van der Waals surface area (Å²) in [5.74, 6) is 2.59. The molecule has 2 aromatic rings. The molecule has 2 aromatic carbocycles. The quantitative estimate of drug-likeness (QED) is 0.557. The average Bonchev–Trinajstić information content (AvgIpc) is 3.11. The van der Waals surface area contributed by atoms with Crippen LogP contribution in [-0.4, -0.2) is 33.1 Å². The minimum absolute atomic E-state index is 0.0686. The first-order chi connectivity index (χ1) is 12.6. The fourth-order valence-electron chi connectivity index (χ4n) is 2.81. The summed E-state index contributed by atoms with van der Waals surface area (Å²) >= 11 is 0. The summed E-state index contributed by atoms with van der Waals surface area (Å²) in [6.07, 6.45) is 0. The number of methoxy groups -OCH3 is 1. The predicted octanol–water partition coefficient (Wildman–Crippen LogP) is 3.52. The molecule has 0 amide bonds. The van der Waals surface area contributed by atoms with Crippen LogP contribution in [0.25, 0.3) is 0 Å². The van der Waals surface area contributed by atoms with Crippen molar-refractivity contribution in [2.45, 2.75) is 19.8 Å². The molecule has 0 fully saturated rings. The Kier molecular flexibility index (Phi) is 5.51. The van der Waals surface area contributed by atoms with Gasteiger partial charge in [-0.05, 0) is 23.8 Å². The maximum absolute atomic E-state index is 10.9. The summed E-state index contributed by atoms with van der Waals surface area (Å²) in [6.45, 7) is 4.13. The number of rotatable bonds is 7. The summed E-state index contributed by atoms with van der Waals surface area (Å²) in [6, 6.07) is 11.7. The fraction of sp³-hybridized carbons (Fsp3) is 0.350. The van der Waals surface area contributed by atoms with Crippen molar-refractivity contribution in [2.75, 3.05) is 27.1 Å². The Morgan fingerprint density at radius 3 is 2.46 bits per heavy atom. The molecule has 0 aliphatic carbocycles. The Morgan fingerprint density at radius 2 is 1.81 bits per heavy atom. The zero-order valence-corrected chi connectivity index (χ0v) is 15.1. The van der Waals surface area contributed by atoms with E-state index in [1.54, 1.807) is 7.11 Å². The molecule has 0 unspecified atom stereocenters. The Hall–Kier alpha value is -2.89. The molecule has 1 heterocycles. The lowest BCUT2D eigenvalue weighted by atomic mass is 9.92. The number of esters is 1. The molecular formula is C20H22O6. The second-order valence-electron chi connectivity index (χ2n) is 5.93. The third-order valence-electron chi connectivity index (χ3n) is 4.23. The van der Waals surface area contributed by atoms with E-state index in [9.17, 15) is 4.79 Å². The lowest BCUT2D eigenvalue weighted by Gasteiger charge is -2.18. The van der Waals surface area contributed by atoms with Gasteiger partial charge in [-0.1, -0.05) is 19.1 Å². The van der Waals surface area contributed by atoms with Gasteiger partial charge in [-0.25, -0.2) is 0 Å². The lowest BCUT2D eigenvalue weighted by molar-refractivity contribution is -0.141. The number of hydrogen-bond acceptors (Lipinski definition) is 6. The van der Waals surface area contributed by atoms with Crippen molar-refractivity contribution in [3.05, 3.63) is 47.5 Å². The van der Waals surface area contributed by atoms with E-state index in [4.69, 9.17) is 23.7 Å². The summed E-state index contributed by atoms with van der Waals surface area (Å²) in [7, 11) is 1.64. The van der Waals surface area contributed by atoms with Crippen molar-refractivity contribution in [3.8, 4) is 23.0 Å². The van der Waals surface area contributed by atoms with Crippen LogP contribution in [0.15, 0.2) is 36.4 Å². The van der Waals surface area contributed by atoms with Gasteiger partial charge in [0.1, 0.15) is 24.7 Å². The van der Waals surface area contributed by atoms with E-state index in [-0.39, 0.29) is 31.9 Å². The van der Waals surface area contributed by atoms with E-state index in [0.29, 0.717) is 17.2 Å². The first-order valence-corrected chi connectivity index (χ1v) is 8.42. The molecule has 0 spiro atoms. The van der Waals surface area contributed by atoms with E-state index in [2.05, 4.69) is 6.92 Å². The Bertz CT molecular complexity index is 769. The number of ether oxygens (including phenoxy) is 5.